The molecule has 3 rings (SSSR count). The monoisotopic (exact) mass is 388 g/mol. The fourth-order valence-electron chi connectivity index (χ4n) is 3.29. The molecule has 1 aromatic rings. The summed E-state index contributed by atoms with van der Waals surface area (Å²) in [6.45, 7) is 3.63. The lowest BCUT2D eigenvalue weighted by molar-refractivity contribution is -0.895. The van der Waals surface area contributed by atoms with E-state index in [9.17, 15) is 22.0 Å². The third-order valence-corrected chi connectivity index (χ3v) is 7.00. The van der Waals surface area contributed by atoms with E-state index in [1.807, 2.05) is 6.92 Å². The molecule has 2 fully saturated rings. The summed E-state index contributed by atoms with van der Waals surface area (Å²) in [4.78, 5) is 12.6. The van der Waals surface area contributed by atoms with Crippen LogP contribution in [0.5, 0.6) is 0 Å². The van der Waals surface area contributed by atoms with E-state index in [-0.39, 0.29) is 25.0 Å². The van der Waals surface area contributed by atoms with E-state index in [0.29, 0.717) is 31.6 Å². The fourth-order valence-corrected chi connectivity index (χ4v) is 4.78. The Hall–Kier alpha value is -1.58. The molecule has 0 aromatic heterocycles. The first-order valence-corrected chi connectivity index (χ1v) is 10.3. The van der Waals surface area contributed by atoms with Crippen molar-refractivity contribution in [1.82, 2.24) is 9.62 Å². The van der Waals surface area contributed by atoms with Gasteiger partial charge in [0.2, 0.25) is 10.0 Å². The molecule has 1 amide bonds. The second-order valence-corrected chi connectivity index (χ2v) is 9.01. The van der Waals surface area contributed by atoms with Gasteiger partial charge in [-0.25, -0.2) is 17.2 Å². The number of nitrogens with zero attached hydrogens (tertiary/aromatic N) is 1. The Morgan fingerprint density at radius 3 is 2.54 bits per heavy atom. The standard InChI is InChI=1S/C17H23F2N3O3S/c1-12(13-2-3-13)20-17(23)11-21-6-8-22(9-7-21)26(24,25)16-5-4-14(18)10-15(16)19/h4-5,10,12-13H,2-3,6-9,11H2,1H3,(H,20,23)/p+1/t12-/m1/s1. The molecule has 26 heavy (non-hydrogen) atoms. The topological polar surface area (TPSA) is 70.9 Å². The molecule has 1 aliphatic carbocycles. The van der Waals surface area contributed by atoms with E-state index in [4.69, 9.17) is 0 Å². The number of rotatable bonds is 6. The van der Waals surface area contributed by atoms with Gasteiger partial charge >= 0.3 is 0 Å². The summed E-state index contributed by atoms with van der Waals surface area (Å²) in [6, 6.07) is 2.64. The third kappa shape index (κ3) is 4.39. The summed E-state index contributed by atoms with van der Waals surface area (Å²) in [5.74, 6) is -1.35. The maximum atomic E-state index is 13.8. The van der Waals surface area contributed by atoms with Crippen molar-refractivity contribution in [3.63, 3.8) is 0 Å². The van der Waals surface area contributed by atoms with Crippen LogP contribution in [0.25, 0.3) is 0 Å². The number of halogens is 2. The Morgan fingerprint density at radius 1 is 1.31 bits per heavy atom. The van der Waals surface area contributed by atoms with Crippen molar-refractivity contribution in [3.05, 3.63) is 29.8 Å². The predicted molar refractivity (Wildman–Crippen MR) is 91.0 cm³/mol. The number of piperazine rings is 1. The highest BCUT2D eigenvalue weighted by Gasteiger charge is 2.34. The average Bonchev–Trinajstić information content (AvgIpc) is 3.39. The average molecular weight is 388 g/mol. The van der Waals surface area contributed by atoms with Crippen LogP contribution in [0.4, 0.5) is 8.78 Å². The van der Waals surface area contributed by atoms with Crippen molar-refractivity contribution in [2.45, 2.75) is 30.7 Å². The van der Waals surface area contributed by atoms with Crippen molar-refractivity contribution in [3.8, 4) is 0 Å². The van der Waals surface area contributed by atoms with E-state index < -0.39 is 26.6 Å². The zero-order chi connectivity index (χ0) is 18.9. The molecule has 2 aliphatic rings. The van der Waals surface area contributed by atoms with Crippen molar-refractivity contribution in [1.29, 1.82) is 0 Å². The van der Waals surface area contributed by atoms with Gasteiger partial charge in [-0.2, -0.15) is 4.31 Å². The van der Waals surface area contributed by atoms with Gasteiger partial charge in [0.1, 0.15) is 16.5 Å². The first-order chi connectivity index (χ1) is 12.3. The van der Waals surface area contributed by atoms with Crippen LogP contribution in [0.2, 0.25) is 0 Å². The van der Waals surface area contributed by atoms with E-state index in [2.05, 4.69) is 5.32 Å². The molecule has 2 N–H and O–H groups in total. The zero-order valence-corrected chi connectivity index (χ0v) is 15.5. The van der Waals surface area contributed by atoms with Gasteiger partial charge in [-0.05, 0) is 37.8 Å². The number of hydrogen-bond donors (Lipinski definition) is 2. The lowest BCUT2D eigenvalue weighted by Crippen LogP contribution is -3.15. The van der Waals surface area contributed by atoms with Gasteiger partial charge in [0.15, 0.2) is 6.54 Å². The number of amides is 1. The van der Waals surface area contributed by atoms with Gasteiger partial charge in [-0.1, -0.05) is 0 Å². The molecule has 0 bridgehead atoms. The summed E-state index contributed by atoms with van der Waals surface area (Å²) in [5, 5.41) is 2.99. The van der Waals surface area contributed by atoms with Crippen LogP contribution in [0.3, 0.4) is 0 Å². The Bertz CT molecular complexity index is 775. The van der Waals surface area contributed by atoms with Crippen molar-refractivity contribution in [2.24, 2.45) is 5.92 Å². The quantitative estimate of drug-likeness (QED) is 0.707. The minimum atomic E-state index is -4.01. The van der Waals surface area contributed by atoms with Crippen molar-refractivity contribution >= 4 is 15.9 Å². The molecule has 0 unspecified atom stereocenters. The molecule has 1 saturated carbocycles. The van der Waals surface area contributed by atoms with Crippen LogP contribution in [-0.4, -0.2) is 57.4 Å². The second kappa shape index (κ2) is 7.58. The summed E-state index contributed by atoms with van der Waals surface area (Å²) in [7, 11) is -4.01. The number of hydrogen-bond acceptors (Lipinski definition) is 3. The Labute approximate surface area is 152 Å². The van der Waals surface area contributed by atoms with Gasteiger partial charge in [0.25, 0.3) is 5.91 Å². The van der Waals surface area contributed by atoms with E-state index in [1.54, 1.807) is 0 Å². The van der Waals surface area contributed by atoms with Gasteiger partial charge < -0.3 is 10.2 Å². The smallest absolute Gasteiger partial charge is 0.275 e. The molecule has 1 heterocycles. The Kier molecular flexibility index (Phi) is 5.59. The molecule has 1 aromatic carbocycles. The maximum absolute atomic E-state index is 13.8. The minimum Gasteiger partial charge on any atom is -0.348 e. The zero-order valence-electron chi connectivity index (χ0n) is 14.7. The van der Waals surface area contributed by atoms with Crippen LogP contribution < -0.4 is 10.2 Å². The highest BCUT2D eigenvalue weighted by molar-refractivity contribution is 7.89. The maximum Gasteiger partial charge on any atom is 0.275 e. The SMILES string of the molecule is C[C@@H](NC(=O)C[NH+]1CCN(S(=O)(=O)c2ccc(F)cc2F)CC1)C1CC1. The normalized spacial score (nSPS) is 20.7. The molecular formula is C17H24F2N3O3S+. The molecule has 1 atom stereocenters. The molecule has 6 nitrogen and oxygen atoms in total. The molecule has 1 aliphatic heterocycles. The largest absolute Gasteiger partial charge is 0.348 e. The van der Waals surface area contributed by atoms with Gasteiger partial charge in [-0.15, -0.1) is 0 Å². The predicted octanol–water partition coefficient (Wildman–Crippen LogP) is -0.231. The van der Waals surface area contributed by atoms with Crippen LogP contribution in [-0.2, 0) is 14.8 Å². The van der Waals surface area contributed by atoms with Crippen molar-refractivity contribution < 1.29 is 26.9 Å². The van der Waals surface area contributed by atoms with Crippen LogP contribution >= 0.6 is 0 Å². The van der Waals surface area contributed by atoms with Crippen LogP contribution in [0, 0.1) is 17.6 Å². The first-order valence-electron chi connectivity index (χ1n) is 8.85. The molecule has 0 radical (unpaired) electrons. The second-order valence-electron chi connectivity index (χ2n) is 7.10. The number of sulfonamides is 1. The lowest BCUT2D eigenvalue weighted by Gasteiger charge is -2.31. The molecule has 1 saturated heterocycles. The summed E-state index contributed by atoms with van der Waals surface area (Å²) in [6.07, 6.45) is 2.32. The summed E-state index contributed by atoms with van der Waals surface area (Å²) < 4.78 is 53.1. The number of carbonyl (C=O) groups excluding carboxylic acids is 1. The number of carbonyl (C=O) groups is 1. The number of nitrogens with one attached hydrogen (secondary N) is 2. The van der Waals surface area contributed by atoms with E-state index in [1.165, 1.54) is 4.31 Å². The molecule has 144 valence electrons. The van der Waals surface area contributed by atoms with E-state index in [0.717, 1.165) is 29.9 Å². The molecule has 0 spiro atoms. The fraction of sp³-hybridized carbons (Fsp3) is 0.588. The Morgan fingerprint density at radius 2 is 1.96 bits per heavy atom. The summed E-state index contributed by atoms with van der Waals surface area (Å²) >= 11 is 0. The Balaban J connectivity index is 1.54. The van der Waals surface area contributed by atoms with Crippen molar-refractivity contribution in [2.75, 3.05) is 32.7 Å². The first kappa shape index (κ1) is 19.2. The van der Waals surface area contributed by atoms with E-state index >= 15 is 0 Å². The van der Waals surface area contributed by atoms with Crippen LogP contribution in [0.1, 0.15) is 19.8 Å². The van der Waals surface area contributed by atoms with Gasteiger partial charge in [0, 0.05) is 12.1 Å². The third-order valence-electron chi connectivity index (χ3n) is 5.07. The number of benzene rings is 1. The summed E-state index contributed by atoms with van der Waals surface area (Å²) in [5.41, 5.74) is 0. The molecule has 9 heteroatoms. The highest BCUT2D eigenvalue weighted by Crippen LogP contribution is 2.32. The van der Waals surface area contributed by atoms with Gasteiger partial charge in [0.05, 0.1) is 26.2 Å². The minimum absolute atomic E-state index is 0.0275. The molecular weight excluding hydrogens is 364 g/mol. The van der Waals surface area contributed by atoms with Gasteiger partial charge in [-0.3, -0.25) is 4.79 Å². The lowest BCUT2D eigenvalue weighted by atomic mass is 10.2. The van der Waals surface area contributed by atoms with Crippen LogP contribution in [0.15, 0.2) is 23.1 Å². The highest BCUT2D eigenvalue weighted by atomic mass is 32.2. The number of quaternary nitrogens is 1.